The van der Waals surface area contributed by atoms with Crippen LogP contribution in [-0.4, -0.2) is 43.3 Å². The van der Waals surface area contributed by atoms with Gasteiger partial charge in [0.1, 0.15) is 0 Å². The van der Waals surface area contributed by atoms with Gasteiger partial charge < -0.3 is 10.5 Å². The van der Waals surface area contributed by atoms with Gasteiger partial charge in [-0.15, -0.1) is 6.42 Å². The Balaban J connectivity index is 2.62. The first-order chi connectivity index (χ1) is 7.26. The lowest BCUT2D eigenvalue weighted by Crippen LogP contribution is -2.52. The van der Waals surface area contributed by atoms with Crippen LogP contribution in [-0.2, 0) is 4.74 Å². The van der Waals surface area contributed by atoms with Crippen molar-refractivity contribution in [1.29, 1.82) is 0 Å². The van der Waals surface area contributed by atoms with E-state index in [1.54, 1.807) is 7.11 Å². The van der Waals surface area contributed by atoms with Gasteiger partial charge >= 0.3 is 0 Å². The summed E-state index contributed by atoms with van der Waals surface area (Å²) in [6.07, 6.45) is 8.94. The molecule has 0 saturated carbocycles. The van der Waals surface area contributed by atoms with Crippen LogP contribution in [0.15, 0.2) is 0 Å². The quantitative estimate of drug-likeness (QED) is 0.699. The number of rotatable bonds is 4. The average Bonchev–Trinajstić information content (AvgIpc) is 2.31. The lowest BCUT2D eigenvalue weighted by molar-refractivity contribution is 0.00425. The Bertz CT molecular complexity index is 224. The first-order valence-electron chi connectivity index (χ1n) is 5.71. The molecule has 15 heavy (non-hydrogen) atoms. The SMILES string of the molecule is C#CC(CC)N1CCC(OC)CC1CN. The number of methoxy groups -OCH3 is 1. The second-order valence-electron chi connectivity index (χ2n) is 4.10. The number of nitrogens with two attached hydrogens (primary N) is 1. The van der Waals surface area contributed by atoms with E-state index in [1.807, 2.05) is 0 Å². The predicted octanol–water partition coefficient (Wildman–Crippen LogP) is 0.836. The molecule has 3 nitrogen and oxygen atoms in total. The first-order valence-corrected chi connectivity index (χ1v) is 5.71. The monoisotopic (exact) mass is 210 g/mol. The minimum atomic E-state index is 0.233. The summed E-state index contributed by atoms with van der Waals surface area (Å²) in [7, 11) is 1.77. The highest BCUT2D eigenvalue weighted by Crippen LogP contribution is 2.22. The van der Waals surface area contributed by atoms with Crippen molar-refractivity contribution in [3.8, 4) is 12.3 Å². The van der Waals surface area contributed by atoms with E-state index in [-0.39, 0.29) is 6.04 Å². The van der Waals surface area contributed by atoms with Gasteiger partial charge in [-0.2, -0.15) is 0 Å². The zero-order valence-electron chi connectivity index (χ0n) is 9.78. The molecule has 3 heteroatoms. The highest BCUT2D eigenvalue weighted by atomic mass is 16.5. The summed E-state index contributed by atoms with van der Waals surface area (Å²) >= 11 is 0. The molecule has 0 amide bonds. The van der Waals surface area contributed by atoms with Crippen LogP contribution < -0.4 is 5.73 Å². The molecule has 86 valence electrons. The van der Waals surface area contributed by atoms with E-state index in [0.717, 1.165) is 25.8 Å². The van der Waals surface area contributed by atoms with E-state index in [9.17, 15) is 0 Å². The van der Waals surface area contributed by atoms with Gasteiger partial charge in [0.25, 0.3) is 0 Å². The van der Waals surface area contributed by atoms with Gasteiger partial charge in [0.2, 0.25) is 0 Å². The summed E-state index contributed by atoms with van der Waals surface area (Å²) in [5, 5.41) is 0. The molecule has 3 atom stereocenters. The van der Waals surface area contributed by atoms with Crippen LogP contribution in [0.5, 0.6) is 0 Å². The molecular weight excluding hydrogens is 188 g/mol. The van der Waals surface area contributed by atoms with Gasteiger partial charge in [0, 0.05) is 26.2 Å². The fraction of sp³-hybridized carbons (Fsp3) is 0.833. The predicted molar refractivity (Wildman–Crippen MR) is 62.5 cm³/mol. The summed E-state index contributed by atoms with van der Waals surface area (Å²) in [5.41, 5.74) is 5.79. The third kappa shape index (κ3) is 2.94. The maximum absolute atomic E-state index is 5.79. The average molecular weight is 210 g/mol. The molecule has 0 radical (unpaired) electrons. The lowest BCUT2D eigenvalue weighted by Gasteiger charge is -2.41. The number of hydrogen-bond acceptors (Lipinski definition) is 3. The molecule has 1 aliphatic heterocycles. The minimum absolute atomic E-state index is 0.233. The number of terminal acetylenes is 1. The Hall–Kier alpha value is -0.560. The van der Waals surface area contributed by atoms with Gasteiger partial charge in [0.05, 0.1) is 12.1 Å². The molecule has 1 heterocycles. The summed E-state index contributed by atoms with van der Waals surface area (Å²) in [6, 6.07) is 0.612. The Morgan fingerprint density at radius 3 is 2.87 bits per heavy atom. The fourth-order valence-corrected chi connectivity index (χ4v) is 2.34. The molecule has 2 N–H and O–H groups in total. The second kappa shape index (κ2) is 6.12. The largest absolute Gasteiger partial charge is 0.381 e. The molecule has 1 fully saturated rings. The highest BCUT2D eigenvalue weighted by molar-refractivity contribution is 5.02. The zero-order chi connectivity index (χ0) is 11.3. The molecule has 0 aromatic carbocycles. The van der Waals surface area contributed by atoms with Gasteiger partial charge in [0.15, 0.2) is 0 Å². The summed E-state index contributed by atoms with van der Waals surface area (Å²) in [4.78, 5) is 2.36. The number of hydrogen-bond donors (Lipinski definition) is 1. The molecule has 0 aliphatic carbocycles. The van der Waals surface area contributed by atoms with Crippen LogP contribution in [0.4, 0.5) is 0 Å². The van der Waals surface area contributed by atoms with E-state index in [0.29, 0.717) is 18.7 Å². The molecule has 1 aliphatic rings. The van der Waals surface area contributed by atoms with E-state index in [1.165, 1.54) is 0 Å². The van der Waals surface area contributed by atoms with Gasteiger partial charge in [-0.3, -0.25) is 4.90 Å². The van der Waals surface area contributed by atoms with E-state index < -0.39 is 0 Å². The topological polar surface area (TPSA) is 38.5 Å². The normalized spacial score (nSPS) is 29.7. The number of piperidine rings is 1. The number of nitrogens with zero attached hydrogens (tertiary/aromatic N) is 1. The van der Waals surface area contributed by atoms with Crippen molar-refractivity contribution >= 4 is 0 Å². The Kier molecular flexibility index (Phi) is 5.10. The summed E-state index contributed by atoms with van der Waals surface area (Å²) in [5.74, 6) is 2.85. The van der Waals surface area contributed by atoms with Crippen LogP contribution in [0.2, 0.25) is 0 Å². The van der Waals surface area contributed by atoms with Crippen molar-refractivity contribution < 1.29 is 4.74 Å². The van der Waals surface area contributed by atoms with Crippen LogP contribution in [0.25, 0.3) is 0 Å². The number of likely N-dealkylation sites (tertiary alicyclic amines) is 1. The highest BCUT2D eigenvalue weighted by Gasteiger charge is 2.30. The molecule has 0 bridgehead atoms. The van der Waals surface area contributed by atoms with Gasteiger partial charge in [-0.1, -0.05) is 12.8 Å². The Labute approximate surface area is 93.0 Å². The van der Waals surface area contributed by atoms with Crippen molar-refractivity contribution in [1.82, 2.24) is 4.90 Å². The van der Waals surface area contributed by atoms with Crippen LogP contribution in [0.1, 0.15) is 26.2 Å². The maximum atomic E-state index is 5.79. The molecule has 1 rings (SSSR count). The molecule has 1 saturated heterocycles. The van der Waals surface area contributed by atoms with E-state index in [2.05, 4.69) is 17.7 Å². The van der Waals surface area contributed by atoms with Crippen molar-refractivity contribution in [2.75, 3.05) is 20.2 Å². The van der Waals surface area contributed by atoms with Crippen molar-refractivity contribution in [3.63, 3.8) is 0 Å². The Morgan fingerprint density at radius 1 is 1.67 bits per heavy atom. The number of ether oxygens (including phenoxy) is 1. The molecule has 3 unspecified atom stereocenters. The standard InChI is InChI=1S/C12H22N2O/c1-4-10(5-2)14-7-6-12(15-3)8-11(14)9-13/h1,10-12H,5-9,13H2,2-3H3. The van der Waals surface area contributed by atoms with E-state index in [4.69, 9.17) is 16.9 Å². The molecule has 0 aromatic heterocycles. The van der Waals surface area contributed by atoms with Gasteiger partial charge in [-0.25, -0.2) is 0 Å². The lowest BCUT2D eigenvalue weighted by atomic mass is 9.96. The third-order valence-corrected chi connectivity index (χ3v) is 3.30. The maximum Gasteiger partial charge on any atom is 0.0712 e. The van der Waals surface area contributed by atoms with Crippen LogP contribution >= 0.6 is 0 Å². The fourth-order valence-electron chi connectivity index (χ4n) is 2.34. The zero-order valence-corrected chi connectivity index (χ0v) is 9.78. The molecular formula is C12H22N2O. The Morgan fingerprint density at radius 2 is 2.40 bits per heavy atom. The molecule has 0 spiro atoms. The van der Waals surface area contributed by atoms with Crippen LogP contribution in [0.3, 0.4) is 0 Å². The smallest absolute Gasteiger partial charge is 0.0712 e. The summed E-state index contributed by atoms with van der Waals surface area (Å²) in [6.45, 7) is 3.79. The van der Waals surface area contributed by atoms with Crippen molar-refractivity contribution in [2.24, 2.45) is 5.73 Å². The van der Waals surface area contributed by atoms with Gasteiger partial charge in [-0.05, 0) is 19.3 Å². The second-order valence-corrected chi connectivity index (χ2v) is 4.10. The van der Waals surface area contributed by atoms with Crippen molar-refractivity contribution in [2.45, 2.75) is 44.4 Å². The molecule has 0 aromatic rings. The summed E-state index contributed by atoms with van der Waals surface area (Å²) < 4.78 is 5.38. The van der Waals surface area contributed by atoms with E-state index >= 15 is 0 Å². The van der Waals surface area contributed by atoms with Crippen molar-refractivity contribution in [3.05, 3.63) is 0 Å². The first kappa shape index (κ1) is 12.5. The van der Waals surface area contributed by atoms with Crippen LogP contribution in [0, 0.1) is 12.3 Å². The minimum Gasteiger partial charge on any atom is -0.381 e. The third-order valence-electron chi connectivity index (χ3n) is 3.30.